The van der Waals surface area contributed by atoms with Crippen molar-refractivity contribution in [3.8, 4) is 10.6 Å². The van der Waals surface area contributed by atoms with Crippen molar-refractivity contribution in [2.45, 2.75) is 12.5 Å². The van der Waals surface area contributed by atoms with Gasteiger partial charge in [0.1, 0.15) is 0 Å². The maximum atomic E-state index is 11.6. The quantitative estimate of drug-likeness (QED) is 0.904. The van der Waals surface area contributed by atoms with E-state index in [0.717, 1.165) is 10.6 Å². The summed E-state index contributed by atoms with van der Waals surface area (Å²) in [5.74, 6) is -0.0513. The molecule has 88 valence electrons. The molecular formula is C11H10N2O2S2. The van der Waals surface area contributed by atoms with Crippen molar-refractivity contribution in [2.75, 3.05) is 11.4 Å². The second-order valence-electron chi connectivity index (χ2n) is 3.85. The number of anilines is 1. The largest absolute Gasteiger partial charge is 0.391 e. The minimum Gasteiger partial charge on any atom is -0.391 e. The standard InChI is InChI=1S/C11H10N2O2S2/c14-7-4-10(15)13(5-7)11-12-8(6-17-11)9-2-1-3-16-9/h1-3,6-7,14H,4-5H2. The van der Waals surface area contributed by atoms with E-state index in [1.807, 2.05) is 22.9 Å². The number of aliphatic hydroxyl groups is 1. The third kappa shape index (κ3) is 1.99. The highest BCUT2D eigenvalue weighted by atomic mass is 32.1. The molecular weight excluding hydrogens is 256 g/mol. The van der Waals surface area contributed by atoms with E-state index in [9.17, 15) is 9.90 Å². The Labute approximate surface area is 106 Å². The van der Waals surface area contributed by atoms with Gasteiger partial charge in [-0.2, -0.15) is 0 Å². The second-order valence-corrected chi connectivity index (χ2v) is 5.64. The average molecular weight is 266 g/mol. The molecule has 4 nitrogen and oxygen atoms in total. The number of aliphatic hydroxyl groups excluding tert-OH is 1. The number of β-amino-alcohol motifs (C(OH)–C–C–N with tert-alkyl or cyclic N) is 1. The number of carbonyl (C=O) groups excluding carboxylic acids is 1. The molecule has 1 N–H and O–H groups in total. The molecule has 1 amide bonds. The Morgan fingerprint density at radius 3 is 3.00 bits per heavy atom. The van der Waals surface area contributed by atoms with E-state index in [-0.39, 0.29) is 12.3 Å². The Morgan fingerprint density at radius 2 is 2.35 bits per heavy atom. The lowest BCUT2D eigenvalue weighted by atomic mass is 10.3. The summed E-state index contributed by atoms with van der Waals surface area (Å²) in [6.07, 6.45) is -0.356. The molecule has 0 radical (unpaired) electrons. The van der Waals surface area contributed by atoms with Crippen LogP contribution in [0.25, 0.3) is 10.6 Å². The van der Waals surface area contributed by atoms with Crippen molar-refractivity contribution < 1.29 is 9.90 Å². The zero-order chi connectivity index (χ0) is 11.8. The number of hydrogen-bond donors (Lipinski definition) is 1. The maximum absolute atomic E-state index is 11.6. The highest BCUT2D eigenvalue weighted by Gasteiger charge is 2.30. The van der Waals surface area contributed by atoms with Crippen LogP contribution in [0.1, 0.15) is 6.42 Å². The Kier molecular flexibility index (Phi) is 2.70. The van der Waals surface area contributed by atoms with Crippen molar-refractivity contribution in [1.29, 1.82) is 0 Å². The van der Waals surface area contributed by atoms with Crippen molar-refractivity contribution in [1.82, 2.24) is 4.98 Å². The number of thiazole rings is 1. The lowest BCUT2D eigenvalue weighted by molar-refractivity contribution is -0.117. The fourth-order valence-corrected chi connectivity index (χ4v) is 3.41. The molecule has 1 aliphatic heterocycles. The molecule has 1 aliphatic rings. The lowest BCUT2D eigenvalue weighted by Gasteiger charge is -2.10. The first-order chi connectivity index (χ1) is 8.24. The summed E-state index contributed by atoms with van der Waals surface area (Å²) < 4.78 is 0. The van der Waals surface area contributed by atoms with E-state index in [0.29, 0.717) is 11.7 Å². The lowest BCUT2D eigenvalue weighted by Crippen LogP contribution is -2.24. The Balaban J connectivity index is 1.88. The van der Waals surface area contributed by atoms with Gasteiger partial charge in [-0.3, -0.25) is 9.69 Å². The molecule has 1 saturated heterocycles. The molecule has 0 aliphatic carbocycles. The second kappa shape index (κ2) is 4.21. The first-order valence-electron chi connectivity index (χ1n) is 5.22. The Hall–Kier alpha value is -1.24. The number of amides is 1. The van der Waals surface area contributed by atoms with E-state index in [1.165, 1.54) is 11.3 Å². The number of carbonyl (C=O) groups is 1. The predicted molar refractivity (Wildman–Crippen MR) is 68.4 cm³/mol. The van der Waals surface area contributed by atoms with Gasteiger partial charge in [0.05, 0.1) is 29.6 Å². The molecule has 6 heteroatoms. The van der Waals surface area contributed by atoms with Gasteiger partial charge in [-0.05, 0) is 11.4 Å². The summed E-state index contributed by atoms with van der Waals surface area (Å²) in [6, 6.07) is 3.98. The summed E-state index contributed by atoms with van der Waals surface area (Å²) in [7, 11) is 0. The third-order valence-corrected chi connectivity index (χ3v) is 4.36. The van der Waals surface area contributed by atoms with Gasteiger partial charge in [0, 0.05) is 5.38 Å². The van der Waals surface area contributed by atoms with Crippen molar-refractivity contribution in [3.05, 3.63) is 22.9 Å². The normalized spacial score (nSPS) is 20.2. The summed E-state index contributed by atoms with van der Waals surface area (Å²) in [6.45, 7) is 0.357. The van der Waals surface area contributed by atoms with Crippen molar-refractivity contribution >= 4 is 33.7 Å². The van der Waals surface area contributed by atoms with Crippen LogP contribution in [0.4, 0.5) is 5.13 Å². The fourth-order valence-electron chi connectivity index (χ4n) is 1.80. The first-order valence-corrected chi connectivity index (χ1v) is 6.98. The van der Waals surface area contributed by atoms with E-state index >= 15 is 0 Å². The van der Waals surface area contributed by atoms with Crippen LogP contribution in [0.5, 0.6) is 0 Å². The molecule has 3 heterocycles. The summed E-state index contributed by atoms with van der Waals surface area (Å²) >= 11 is 3.06. The van der Waals surface area contributed by atoms with Gasteiger partial charge in [-0.15, -0.1) is 22.7 Å². The topological polar surface area (TPSA) is 53.4 Å². The van der Waals surface area contributed by atoms with E-state index in [2.05, 4.69) is 4.98 Å². The van der Waals surface area contributed by atoms with Gasteiger partial charge in [0.15, 0.2) is 5.13 Å². The minimum atomic E-state index is -0.559. The zero-order valence-electron chi connectivity index (χ0n) is 8.87. The molecule has 17 heavy (non-hydrogen) atoms. The smallest absolute Gasteiger partial charge is 0.231 e. The Bertz CT molecular complexity index is 535. The van der Waals surface area contributed by atoms with Gasteiger partial charge in [-0.1, -0.05) is 6.07 Å². The molecule has 1 fully saturated rings. The minimum absolute atomic E-state index is 0.0513. The summed E-state index contributed by atoms with van der Waals surface area (Å²) in [5.41, 5.74) is 0.897. The maximum Gasteiger partial charge on any atom is 0.231 e. The van der Waals surface area contributed by atoms with Crippen LogP contribution >= 0.6 is 22.7 Å². The summed E-state index contributed by atoms with van der Waals surface area (Å²) in [4.78, 5) is 18.7. The molecule has 2 aromatic rings. The highest BCUT2D eigenvalue weighted by Crippen LogP contribution is 2.31. The SMILES string of the molecule is O=C1CC(O)CN1c1nc(-c2cccs2)cs1. The number of nitrogens with zero attached hydrogens (tertiary/aromatic N) is 2. The molecule has 3 rings (SSSR count). The van der Waals surface area contributed by atoms with E-state index in [4.69, 9.17) is 0 Å². The number of hydrogen-bond acceptors (Lipinski definition) is 5. The molecule has 0 aromatic carbocycles. The zero-order valence-corrected chi connectivity index (χ0v) is 10.5. The van der Waals surface area contributed by atoms with Gasteiger partial charge in [-0.25, -0.2) is 4.98 Å². The predicted octanol–water partition coefficient (Wildman–Crippen LogP) is 1.97. The van der Waals surface area contributed by atoms with Gasteiger partial charge >= 0.3 is 0 Å². The van der Waals surface area contributed by atoms with Gasteiger partial charge < -0.3 is 5.11 Å². The Morgan fingerprint density at radius 1 is 1.47 bits per heavy atom. The first kappa shape index (κ1) is 10.9. The number of thiophene rings is 1. The van der Waals surface area contributed by atoms with Crippen LogP contribution in [0.3, 0.4) is 0 Å². The summed E-state index contributed by atoms with van der Waals surface area (Å²) in [5, 5.41) is 14.1. The van der Waals surface area contributed by atoms with E-state index in [1.54, 1.807) is 16.2 Å². The molecule has 0 bridgehead atoms. The monoisotopic (exact) mass is 266 g/mol. The van der Waals surface area contributed by atoms with Crippen LogP contribution < -0.4 is 4.90 Å². The molecule has 0 saturated carbocycles. The third-order valence-electron chi connectivity index (χ3n) is 2.60. The van der Waals surface area contributed by atoms with Crippen LogP contribution in [0, 0.1) is 0 Å². The highest BCUT2D eigenvalue weighted by molar-refractivity contribution is 7.16. The molecule has 1 atom stereocenters. The van der Waals surface area contributed by atoms with Crippen LogP contribution in [0.2, 0.25) is 0 Å². The van der Waals surface area contributed by atoms with Crippen molar-refractivity contribution in [2.24, 2.45) is 0 Å². The average Bonchev–Trinajstić information content (AvgIpc) is 2.97. The van der Waals surface area contributed by atoms with Crippen molar-refractivity contribution in [3.63, 3.8) is 0 Å². The van der Waals surface area contributed by atoms with Crippen LogP contribution in [-0.2, 0) is 4.79 Å². The fraction of sp³-hybridized carbons (Fsp3) is 0.273. The molecule has 2 aromatic heterocycles. The van der Waals surface area contributed by atoms with Crippen LogP contribution in [0.15, 0.2) is 22.9 Å². The van der Waals surface area contributed by atoms with Crippen LogP contribution in [-0.4, -0.2) is 28.6 Å². The van der Waals surface area contributed by atoms with Gasteiger partial charge in [0.25, 0.3) is 0 Å². The molecule has 1 unspecified atom stereocenters. The van der Waals surface area contributed by atoms with Gasteiger partial charge in [0.2, 0.25) is 5.91 Å². The number of aromatic nitrogens is 1. The molecule has 0 spiro atoms. The van der Waals surface area contributed by atoms with E-state index < -0.39 is 6.10 Å². The number of rotatable bonds is 2.